The molecular formula is C16H24N2O2. The zero-order chi connectivity index (χ0) is 15.0. The zero-order valence-corrected chi connectivity index (χ0v) is 12.6. The number of hydrogen-bond acceptors (Lipinski definition) is 3. The molecule has 0 unspecified atom stereocenters. The van der Waals surface area contributed by atoms with E-state index < -0.39 is 6.04 Å². The molecule has 3 atom stereocenters. The molecule has 0 heterocycles. The highest BCUT2D eigenvalue weighted by Crippen LogP contribution is 2.52. The van der Waals surface area contributed by atoms with Gasteiger partial charge in [0.1, 0.15) is 6.04 Å². The van der Waals surface area contributed by atoms with Crippen molar-refractivity contribution >= 4 is 5.91 Å². The van der Waals surface area contributed by atoms with Crippen LogP contribution in [0.2, 0.25) is 0 Å². The molecular weight excluding hydrogens is 252 g/mol. The third kappa shape index (κ3) is 2.34. The number of rotatable bonds is 5. The molecule has 1 aromatic carbocycles. The number of hydrogen-bond donors (Lipinski definition) is 2. The van der Waals surface area contributed by atoms with Crippen molar-refractivity contribution < 1.29 is 9.53 Å². The van der Waals surface area contributed by atoms with Gasteiger partial charge in [-0.15, -0.1) is 0 Å². The number of ether oxygens (including phenoxy) is 1. The minimum atomic E-state index is -0.457. The lowest BCUT2D eigenvalue weighted by Gasteiger charge is -2.59. The monoisotopic (exact) mass is 276 g/mol. The van der Waals surface area contributed by atoms with Gasteiger partial charge in [0.25, 0.3) is 0 Å². The van der Waals surface area contributed by atoms with E-state index in [2.05, 4.69) is 26.1 Å². The van der Waals surface area contributed by atoms with Crippen molar-refractivity contribution in [2.75, 3.05) is 7.11 Å². The van der Waals surface area contributed by atoms with Crippen LogP contribution < -0.4 is 11.1 Å². The number of benzene rings is 1. The van der Waals surface area contributed by atoms with Crippen LogP contribution in [-0.4, -0.2) is 24.7 Å². The molecule has 110 valence electrons. The fraction of sp³-hybridized carbons (Fsp3) is 0.562. The van der Waals surface area contributed by atoms with Crippen LogP contribution >= 0.6 is 0 Å². The number of amides is 1. The molecule has 0 aromatic heterocycles. The minimum Gasteiger partial charge on any atom is -0.378 e. The maximum Gasteiger partial charge on any atom is 0.239 e. The Morgan fingerprint density at radius 2 is 1.95 bits per heavy atom. The Kier molecular flexibility index (Phi) is 3.89. The summed E-state index contributed by atoms with van der Waals surface area (Å²) in [4.78, 5) is 11.7. The molecule has 0 radical (unpaired) electrons. The lowest BCUT2D eigenvalue weighted by Crippen LogP contribution is -2.68. The van der Waals surface area contributed by atoms with Crippen molar-refractivity contribution in [1.29, 1.82) is 0 Å². The smallest absolute Gasteiger partial charge is 0.239 e. The predicted molar refractivity (Wildman–Crippen MR) is 79.1 cm³/mol. The van der Waals surface area contributed by atoms with Crippen LogP contribution in [0.1, 0.15) is 38.8 Å². The van der Waals surface area contributed by atoms with E-state index in [1.165, 1.54) is 0 Å². The van der Waals surface area contributed by atoms with Crippen molar-refractivity contribution in [3.63, 3.8) is 0 Å². The van der Waals surface area contributed by atoms with Crippen molar-refractivity contribution in [1.82, 2.24) is 5.32 Å². The van der Waals surface area contributed by atoms with Gasteiger partial charge in [-0.1, -0.05) is 44.2 Å². The normalized spacial score (nSPS) is 29.5. The number of methoxy groups -OCH3 is 1. The highest BCUT2D eigenvalue weighted by atomic mass is 16.5. The van der Waals surface area contributed by atoms with Gasteiger partial charge in [0, 0.05) is 18.6 Å². The first kappa shape index (κ1) is 15.0. The highest BCUT2D eigenvalue weighted by molar-refractivity contribution is 5.81. The summed E-state index contributed by atoms with van der Waals surface area (Å²) in [6, 6.07) is 9.34. The lowest BCUT2D eigenvalue weighted by molar-refractivity contribution is -0.183. The molecule has 1 fully saturated rings. The molecule has 0 aliphatic heterocycles. The van der Waals surface area contributed by atoms with Gasteiger partial charge in [0.2, 0.25) is 5.91 Å². The minimum absolute atomic E-state index is 0.0514. The van der Waals surface area contributed by atoms with Crippen LogP contribution in [0, 0.1) is 5.41 Å². The fourth-order valence-corrected chi connectivity index (χ4v) is 2.95. The van der Waals surface area contributed by atoms with E-state index in [1.807, 2.05) is 30.3 Å². The van der Waals surface area contributed by atoms with Gasteiger partial charge in [0.15, 0.2) is 0 Å². The van der Waals surface area contributed by atoms with Crippen LogP contribution in [0.5, 0.6) is 0 Å². The number of nitrogens with one attached hydrogen (secondary N) is 1. The SMILES string of the molecule is CO[C@]1(C)C[C@H](N[C@H](C(N)=O)c2ccccc2)C1(C)C. The van der Waals surface area contributed by atoms with Crippen molar-refractivity contribution in [2.24, 2.45) is 11.1 Å². The maximum atomic E-state index is 11.7. The summed E-state index contributed by atoms with van der Waals surface area (Å²) in [5.74, 6) is -0.349. The summed E-state index contributed by atoms with van der Waals surface area (Å²) in [7, 11) is 1.74. The molecule has 2 rings (SSSR count). The molecule has 0 saturated heterocycles. The van der Waals surface area contributed by atoms with E-state index in [-0.39, 0.29) is 23.0 Å². The predicted octanol–water partition coefficient (Wildman–Crippen LogP) is 2.01. The lowest BCUT2D eigenvalue weighted by atomic mass is 9.55. The van der Waals surface area contributed by atoms with Crippen LogP contribution in [0.25, 0.3) is 0 Å². The third-order valence-electron chi connectivity index (χ3n) is 5.06. The zero-order valence-electron chi connectivity index (χ0n) is 12.6. The van der Waals surface area contributed by atoms with Crippen molar-refractivity contribution in [3.8, 4) is 0 Å². The summed E-state index contributed by atoms with van der Waals surface area (Å²) in [5, 5.41) is 3.39. The largest absolute Gasteiger partial charge is 0.378 e. The Morgan fingerprint density at radius 1 is 1.35 bits per heavy atom. The summed E-state index contributed by atoms with van der Waals surface area (Å²) in [6.07, 6.45) is 0.868. The number of primary amides is 1. The second kappa shape index (κ2) is 5.19. The van der Waals surface area contributed by atoms with Gasteiger partial charge in [-0.05, 0) is 18.9 Å². The second-order valence-corrected chi connectivity index (χ2v) is 6.33. The van der Waals surface area contributed by atoms with Gasteiger partial charge >= 0.3 is 0 Å². The van der Waals surface area contributed by atoms with E-state index in [9.17, 15) is 4.79 Å². The van der Waals surface area contributed by atoms with Crippen LogP contribution in [0.15, 0.2) is 30.3 Å². The number of carbonyl (C=O) groups is 1. The van der Waals surface area contributed by atoms with Crippen molar-refractivity contribution in [3.05, 3.63) is 35.9 Å². The molecule has 1 amide bonds. The molecule has 0 spiro atoms. The number of carbonyl (C=O) groups excluding carboxylic acids is 1. The van der Waals surface area contributed by atoms with E-state index in [0.29, 0.717) is 0 Å². The molecule has 4 nitrogen and oxygen atoms in total. The average Bonchev–Trinajstić information content (AvgIpc) is 2.43. The first-order valence-electron chi connectivity index (χ1n) is 6.97. The van der Waals surface area contributed by atoms with Crippen LogP contribution in [0.4, 0.5) is 0 Å². The first-order valence-corrected chi connectivity index (χ1v) is 6.97. The molecule has 1 aromatic rings. The molecule has 4 heteroatoms. The Hall–Kier alpha value is -1.39. The van der Waals surface area contributed by atoms with Crippen LogP contribution in [0.3, 0.4) is 0 Å². The van der Waals surface area contributed by atoms with E-state index in [4.69, 9.17) is 10.5 Å². The number of nitrogens with two attached hydrogens (primary N) is 1. The quantitative estimate of drug-likeness (QED) is 0.864. The van der Waals surface area contributed by atoms with E-state index in [0.717, 1.165) is 12.0 Å². The van der Waals surface area contributed by atoms with Crippen LogP contribution in [-0.2, 0) is 9.53 Å². The Balaban J connectivity index is 2.14. The average molecular weight is 276 g/mol. The Morgan fingerprint density at radius 3 is 2.40 bits per heavy atom. The van der Waals surface area contributed by atoms with Gasteiger partial charge < -0.3 is 10.5 Å². The second-order valence-electron chi connectivity index (χ2n) is 6.33. The van der Waals surface area contributed by atoms with Gasteiger partial charge in [-0.2, -0.15) is 0 Å². The maximum absolute atomic E-state index is 11.7. The summed E-state index contributed by atoms with van der Waals surface area (Å²) in [6.45, 7) is 6.41. The van der Waals surface area contributed by atoms with E-state index in [1.54, 1.807) is 7.11 Å². The topological polar surface area (TPSA) is 64.3 Å². The molecule has 1 saturated carbocycles. The fourth-order valence-electron chi connectivity index (χ4n) is 2.95. The highest BCUT2D eigenvalue weighted by Gasteiger charge is 2.58. The molecule has 20 heavy (non-hydrogen) atoms. The van der Waals surface area contributed by atoms with Crippen molar-refractivity contribution in [2.45, 2.75) is 44.9 Å². The summed E-state index contributed by atoms with van der Waals surface area (Å²) < 4.78 is 5.61. The van der Waals surface area contributed by atoms with Gasteiger partial charge in [-0.25, -0.2) is 0 Å². The molecule has 1 aliphatic rings. The molecule has 0 bridgehead atoms. The summed E-state index contributed by atoms with van der Waals surface area (Å²) in [5.41, 5.74) is 6.24. The Labute approximate surface area is 120 Å². The summed E-state index contributed by atoms with van der Waals surface area (Å²) >= 11 is 0. The van der Waals surface area contributed by atoms with Gasteiger partial charge in [0.05, 0.1) is 5.60 Å². The molecule has 1 aliphatic carbocycles. The van der Waals surface area contributed by atoms with E-state index >= 15 is 0 Å². The standard InChI is InChI=1S/C16H24N2O2/c1-15(2)12(10-16(15,3)20-4)18-13(14(17)19)11-8-6-5-7-9-11/h5-9,12-13,18H,10H2,1-4H3,(H2,17,19)/t12-,13-,16+/m0/s1. The first-order chi connectivity index (χ1) is 9.32. The molecule has 3 N–H and O–H groups in total. The Bertz CT molecular complexity index is 487. The third-order valence-corrected chi connectivity index (χ3v) is 5.06. The van der Waals surface area contributed by atoms with Gasteiger partial charge in [-0.3, -0.25) is 10.1 Å².